The molecule has 0 amide bonds. The second-order valence-electron chi connectivity index (χ2n) is 8.77. The number of rotatable bonds is 0. The van der Waals surface area contributed by atoms with Crippen molar-refractivity contribution in [3.8, 4) is 12.3 Å². The van der Waals surface area contributed by atoms with Crippen LogP contribution in [0.5, 0.6) is 0 Å². The van der Waals surface area contributed by atoms with Gasteiger partial charge in [-0.1, -0.05) is 38.0 Å². The Hall–Kier alpha value is -1.04. The summed E-state index contributed by atoms with van der Waals surface area (Å²) in [6.45, 7) is 4.41. The predicted octanol–water partition coefficient (Wildman–Crippen LogP) is 3.59. The van der Waals surface area contributed by atoms with E-state index in [0.29, 0.717) is 12.3 Å². The summed E-state index contributed by atoms with van der Waals surface area (Å²) in [5.41, 5.74) is -0.757. The molecule has 2 fully saturated rings. The molecule has 0 radical (unpaired) electrons. The fourth-order valence-corrected chi connectivity index (χ4v) is 6.49. The highest BCUT2D eigenvalue weighted by Crippen LogP contribution is 2.67. The van der Waals surface area contributed by atoms with Gasteiger partial charge in [0.25, 0.3) is 0 Å². The van der Waals surface area contributed by atoms with Crippen LogP contribution in [0.25, 0.3) is 0 Å². The first kappa shape index (κ1) is 15.5. The van der Waals surface area contributed by atoms with Gasteiger partial charge in [0.15, 0.2) is 0 Å². The van der Waals surface area contributed by atoms with Gasteiger partial charge < -0.3 is 10.2 Å². The molecule has 0 heterocycles. The molecule has 0 aromatic carbocycles. The van der Waals surface area contributed by atoms with E-state index in [0.717, 1.165) is 38.5 Å². The predicted molar refractivity (Wildman–Crippen MR) is 91.5 cm³/mol. The number of terminal acetylenes is 1. The third-order valence-electron chi connectivity index (χ3n) is 8.24. The highest BCUT2D eigenvalue weighted by Gasteiger charge is 2.67. The van der Waals surface area contributed by atoms with Crippen LogP contribution in [-0.4, -0.2) is 21.4 Å². The standard InChI is InChI=1S/C21H28O2/c1-4-20(22)12-10-16-17-9-8-15-7-5-6-11-18(15,2)21(17,23)14-13-19(16,20)3/h1,5,7-8,16-17,22-23H,6,9-14H2,2-3H3/t16-,17-,18-,19-,20-,21+/m0/s1. The van der Waals surface area contributed by atoms with Gasteiger partial charge in [0.1, 0.15) is 5.60 Å². The molecule has 0 aromatic heterocycles. The monoisotopic (exact) mass is 312 g/mol. The fraction of sp³-hybridized carbons (Fsp3) is 0.714. The van der Waals surface area contributed by atoms with E-state index in [1.807, 2.05) is 0 Å². The van der Waals surface area contributed by atoms with E-state index >= 15 is 0 Å². The van der Waals surface area contributed by atoms with Gasteiger partial charge >= 0.3 is 0 Å². The highest BCUT2D eigenvalue weighted by atomic mass is 16.3. The molecule has 0 aliphatic heterocycles. The van der Waals surface area contributed by atoms with Gasteiger partial charge in [-0.2, -0.15) is 0 Å². The number of fused-ring (bicyclic) bond motifs is 5. The van der Waals surface area contributed by atoms with Crippen molar-refractivity contribution >= 4 is 0 Å². The molecule has 6 atom stereocenters. The molecule has 2 saturated carbocycles. The summed E-state index contributed by atoms with van der Waals surface area (Å²) in [5, 5.41) is 22.8. The normalized spacial score (nSPS) is 54.5. The third-order valence-corrected chi connectivity index (χ3v) is 8.24. The molecule has 0 saturated heterocycles. The molecule has 23 heavy (non-hydrogen) atoms. The Morgan fingerprint density at radius 2 is 1.91 bits per heavy atom. The number of hydrogen-bond donors (Lipinski definition) is 2. The molecule has 0 unspecified atom stereocenters. The van der Waals surface area contributed by atoms with Crippen molar-refractivity contribution in [3.05, 3.63) is 23.8 Å². The Kier molecular flexibility index (Phi) is 3.05. The first-order chi connectivity index (χ1) is 10.8. The highest BCUT2D eigenvalue weighted by molar-refractivity contribution is 5.38. The number of hydrogen-bond acceptors (Lipinski definition) is 2. The third kappa shape index (κ3) is 1.63. The minimum Gasteiger partial charge on any atom is -0.389 e. The fourth-order valence-electron chi connectivity index (χ4n) is 6.49. The van der Waals surface area contributed by atoms with Crippen LogP contribution in [0.1, 0.15) is 58.8 Å². The zero-order valence-electron chi connectivity index (χ0n) is 14.3. The van der Waals surface area contributed by atoms with Gasteiger partial charge in [0, 0.05) is 10.8 Å². The van der Waals surface area contributed by atoms with E-state index in [4.69, 9.17) is 6.42 Å². The first-order valence-electron chi connectivity index (χ1n) is 9.10. The minimum atomic E-state index is -1.00. The smallest absolute Gasteiger partial charge is 0.130 e. The van der Waals surface area contributed by atoms with Gasteiger partial charge in [-0.05, 0) is 62.4 Å². The molecule has 0 spiro atoms. The summed E-state index contributed by atoms with van der Waals surface area (Å²) in [7, 11) is 0. The van der Waals surface area contributed by atoms with E-state index < -0.39 is 11.2 Å². The average Bonchev–Trinajstić information content (AvgIpc) is 2.81. The zero-order valence-corrected chi connectivity index (χ0v) is 14.3. The van der Waals surface area contributed by atoms with Crippen molar-refractivity contribution in [2.75, 3.05) is 0 Å². The van der Waals surface area contributed by atoms with Crippen LogP contribution in [0.4, 0.5) is 0 Å². The summed E-state index contributed by atoms with van der Waals surface area (Å²) in [6, 6.07) is 0. The summed E-state index contributed by atoms with van der Waals surface area (Å²) < 4.78 is 0. The molecule has 2 N–H and O–H groups in total. The van der Waals surface area contributed by atoms with Gasteiger partial charge in [-0.3, -0.25) is 0 Å². The SMILES string of the molecule is C#C[C@]1(O)CC[C@H]2[C@@H]3CC=C4C=CCC[C@]4(C)[C@@]3(O)CC[C@@]21C. The lowest BCUT2D eigenvalue weighted by molar-refractivity contribution is -0.192. The Morgan fingerprint density at radius 3 is 2.65 bits per heavy atom. The van der Waals surface area contributed by atoms with Crippen LogP contribution >= 0.6 is 0 Å². The minimum absolute atomic E-state index is 0.150. The van der Waals surface area contributed by atoms with Gasteiger partial charge in [0.2, 0.25) is 0 Å². The second kappa shape index (κ2) is 4.52. The van der Waals surface area contributed by atoms with Crippen LogP contribution in [0, 0.1) is 35.0 Å². The first-order valence-corrected chi connectivity index (χ1v) is 9.10. The Morgan fingerprint density at radius 1 is 1.13 bits per heavy atom. The zero-order chi connectivity index (χ0) is 16.5. The summed E-state index contributed by atoms with van der Waals surface area (Å²) in [5.74, 6) is 3.22. The number of aliphatic hydroxyl groups is 2. The van der Waals surface area contributed by atoms with Crippen LogP contribution in [0.3, 0.4) is 0 Å². The van der Waals surface area contributed by atoms with Crippen molar-refractivity contribution in [2.45, 2.75) is 70.0 Å². The van der Waals surface area contributed by atoms with Crippen molar-refractivity contribution in [2.24, 2.45) is 22.7 Å². The van der Waals surface area contributed by atoms with E-state index in [9.17, 15) is 10.2 Å². The van der Waals surface area contributed by atoms with Crippen LogP contribution in [0.2, 0.25) is 0 Å². The molecule has 4 aliphatic rings. The van der Waals surface area contributed by atoms with Gasteiger partial charge in [0.05, 0.1) is 5.60 Å². The molecule has 124 valence electrons. The topological polar surface area (TPSA) is 40.5 Å². The molecule has 4 aliphatic carbocycles. The molecule has 0 aromatic rings. The lowest BCUT2D eigenvalue weighted by Crippen LogP contribution is -2.63. The van der Waals surface area contributed by atoms with Crippen molar-refractivity contribution in [3.63, 3.8) is 0 Å². The van der Waals surface area contributed by atoms with Crippen LogP contribution in [0.15, 0.2) is 23.8 Å². The maximum atomic E-state index is 11.8. The summed E-state index contributed by atoms with van der Waals surface area (Å²) >= 11 is 0. The lowest BCUT2D eigenvalue weighted by atomic mass is 9.45. The Balaban J connectivity index is 1.80. The largest absolute Gasteiger partial charge is 0.389 e. The summed E-state index contributed by atoms with van der Waals surface area (Å²) in [6.07, 6.45) is 18.6. The molecule has 4 rings (SSSR count). The average molecular weight is 312 g/mol. The second-order valence-corrected chi connectivity index (χ2v) is 8.77. The molecular weight excluding hydrogens is 284 g/mol. The summed E-state index contributed by atoms with van der Waals surface area (Å²) in [4.78, 5) is 0. The van der Waals surface area contributed by atoms with E-state index in [-0.39, 0.29) is 16.7 Å². The van der Waals surface area contributed by atoms with Crippen LogP contribution < -0.4 is 0 Å². The van der Waals surface area contributed by atoms with Gasteiger partial charge in [-0.15, -0.1) is 6.42 Å². The van der Waals surface area contributed by atoms with Gasteiger partial charge in [-0.25, -0.2) is 0 Å². The molecular formula is C21H28O2. The van der Waals surface area contributed by atoms with E-state index in [1.54, 1.807) is 0 Å². The molecule has 2 heteroatoms. The maximum Gasteiger partial charge on any atom is 0.130 e. The molecule has 0 bridgehead atoms. The quantitative estimate of drug-likeness (QED) is 0.671. The van der Waals surface area contributed by atoms with Crippen molar-refractivity contribution in [1.29, 1.82) is 0 Å². The van der Waals surface area contributed by atoms with Crippen LogP contribution in [-0.2, 0) is 0 Å². The Bertz CT molecular complexity index is 641. The Labute approximate surface area is 139 Å². The van der Waals surface area contributed by atoms with Crippen molar-refractivity contribution < 1.29 is 10.2 Å². The van der Waals surface area contributed by atoms with E-state index in [2.05, 4.69) is 38.0 Å². The molecule has 2 nitrogen and oxygen atoms in total. The maximum absolute atomic E-state index is 11.8. The lowest BCUT2D eigenvalue weighted by Gasteiger charge is -2.62. The van der Waals surface area contributed by atoms with E-state index in [1.165, 1.54) is 5.57 Å². The van der Waals surface area contributed by atoms with Crippen molar-refractivity contribution in [1.82, 2.24) is 0 Å². The number of allylic oxidation sites excluding steroid dienone is 3.